The molecule has 2 heterocycles. The summed E-state index contributed by atoms with van der Waals surface area (Å²) in [6, 6.07) is 1.69. The standard InChI is InChI=1S/C16H20ClN3O3S2/c1-7-10-8-11(17)12(24-10)16(5)9-25(22)20(6)13(19-16)18-14(21)23-15(2,3)4/h1,8H,9H2,2-6H3,(H,18,19,21)/t16-,25?/m0/s1. The molecule has 1 aromatic rings. The fourth-order valence-electron chi connectivity index (χ4n) is 2.20. The van der Waals surface area contributed by atoms with Crippen molar-refractivity contribution in [2.45, 2.75) is 38.8 Å². The van der Waals surface area contributed by atoms with Crippen LogP contribution >= 0.6 is 22.9 Å². The van der Waals surface area contributed by atoms with Crippen molar-refractivity contribution in [1.82, 2.24) is 9.62 Å². The number of aliphatic imine (C=N–C) groups is 1. The maximum Gasteiger partial charge on any atom is 0.414 e. The molecule has 0 spiro atoms. The number of nitrogens with zero attached hydrogens (tertiary/aromatic N) is 2. The fraction of sp³-hybridized carbons (Fsp3) is 0.500. The van der Waals surface area contributed by atoms with Crippen LogP contribution in [0.15, 0.2) is 11.1 Å². The topological polar surface area (TPSA) is 71.0 Å². The molecule has 1 unspecified atom stereocenters. The van der Waals surface area contributed by atoms with Crippen LogP contribution in [0.5, 0.6) is 0 Å². The predicted molar refractivity (Wildman–Crippen MR) is 102 cm³/mol. The van der Waals surface area contributed by atoms with Crippen molar-refractivity contribution in [3.05, 3.63) is 20.8 Å². The monoisotopic (exact) mass is 401 g/mol. The van der Waals surface area contributed by atoms with Crippen molar-refractivity contribution < 1.29 is 13.7 Å². The lowest BCUT2D eigenvalue weighted by atomic mass is 10.0. The molecule has 136 valence electrons. The van der Waals surface area contributed by atoms with E-state index in [0.717, 1.165) is 0 Å². The Kier molecular flexibility index (Phi) is 5.52. The van der Waals surface area contributed by atoms with Crippen LogP contribution < -0.4 is 5.32 Å². The minimum atomic E-state index is -1.40. The van der Waals surface area contributed by atoms with Gasteiger partial charge in [0, 0.05) is 7.05 Å². The number of amides is 1. The van der Waals surface area contributed by atoms with E-state index in [4.69, 9.17) is 22.8 Å². The summed E-state index contributed by atoms with van der Waals surface area (Å²) in [5.41, 5.74) is -1.52. The van der Waals surface area contributed by atoms with Crippen molar-refractivity contribution in [3.63, 3.8) is 0 Å². The number of terminal acetylenes is 1. The largest absolute Gasteiger partial charge is 0.444 e. The maximum absolute atomic E-state index is 12.5. The van der Waals surface area contributed by atoms with Gasteiger partial charge in [-0.15, -0.1) is 17.8 Å². The molecule has 25 heavy (non-hydrogen) atoms. The molecular formula is C16H20ClN3O3S2. The van der Waals surface area contributed by atoms with Crippen molar-refractivity contribution in [3.8, 4) is 12.3 Å². The molecule has 0 bridgehead atoms. The Hall–Kier alpha value is -1.56. The number of rotatable bonds is 1. The number of carbonyl (C=O) groups excluding carboxylic acids is 1. The van der Waals surface area contributed by atoms with Gasteiger partial charge in [0.2, 0.25) is 5.96 Å². The third kappa shape index (κ3) is 4.54. The lowest BCUT2D eigenvalue weighted by Gasteiger charge is -2.34. The molecule has 0 saturated heterocycles. The van der Waals surface area contributed by atoms with Gasteiger partial charge >= 0.3 is 6.09 Å². The first kappa shape index (κ1) is 19.8. The van der Waals surface area contributed by atoms with E-state index < -0.39 is 28.2 Å². The Labute approximate surface area is 159 Å². The molecule has 6 nitrogen and oxygen atoms in total. The fourth-order valence-corrected chi connectivity index (χ4v) is 4.89. The minimum absolute atomic E-state index is 0.160. The summed E-state index contributed by atoms with van der Waals surface area (Å²) in [4.78, 5) is 18.0. The second kappa shape index (κ2) is 6.98. The summed E-state index contributed by atoms with van der Waals surface area (Å²) in [6.45, 7) is 7.09. The number of hydrogen-bond acceptors (Lipinski definition) is 5. The number of halogens is 1. The number of carbonyl (C=O) groups is 1. The summed E-state index contributed by atoms with van der Waals surface area (Å²) < 4.78 is 19.2. The van der Waals surface area contributed by atoms with Crippen LogP contribution in [0.4, 0.5) is 4.79 Å². The van der Waals surface area contributed by atoms with Gasteiger partial charge in [-0.2, -0.15) is 0 Å². The number of guanidine groups is 1. The summed E-state index contributed by atoms with van der Waals surface area (Å²) in [5, 5.41) is 3.04. The molecule has 0 saturated carbocycles. The van der Waals surface area contributed by atoms with Gasteiger partial charge in [0.25, 0.3) is 0 Å². The highest BCUT2D eigenvalue weighted by molar-refractivity contribution is 7.83. The summed E-state index contributed by atoms with van der Waals surface area (Å²) in [7, 11) is 0.195. The van der Waals surface area contributed by atoms with Gasteiger partial charge in [0.15, 0.2) is 0 Å². The first-order chi connectivity index (χ1) is 11.4. The number of ether oxygens (including phenoxy) is 1. The van der Waals surface area contributed by atoms with Crippen LogP contribution in [0.2, 0.25) is 5.02 Å². The minimum Gasteiger partial charge on any atom is -0.444 e. The summed E-state index contributed by atoms with van der Waals surface area (Å²) >= 11 is 7.62. The Morgan fingerprint density at radius 1 is 1.60 bits per heavy atom. The highest BCUT2D eigenvalue weighted by Crippen LogP contribution is 2.40. The van der Waals surface area contributed by atoms with E-state index in [9.17, 15) is 9.00 Å². The lowest BCUT2D eigenvalue weighted by Crippen LogP contribution is -2.51. The van der Waals surface area contributed by atoms with Crippen LogP contribution in [0.25, 0.3) is 0 Å². The van der Waals surface area contributed by atoms with Gasteiger partial charge in [-0.3, -0.25) is 9.62 Å². The molecule has 2 atom stereocenters. The Morgan fingerprint density at radius 3 is 2.76 bits per heavy atom. The van der Waals surface area contributed by atoms with Gasteiger partial charge in [-0.1, -0.05) is 17.5 Å². The van der Waals surface area contributed by atoms with Crippen LogP contribution in [0.1, 0.15) is 37.4 Å². The maximum atomic E-state index is 12.5. The first-order valence-electron chi connectivity index (χ1n) is 7.44. The molecule has 1 aromatic heterocycles. The molecule has 0 aromatic carbocycles. The molecule has 1 aliphatic rings. The van der Waals surface area contributed by atoms with E-state index in [2.05, 4.69) is 16.2 Å². The van der Waals surface area contributed by atoms with Crippen LogP contribution in [0.3, 0.4) is 0 Å². The SMILES string of the molecule is C#Cc1cc(Cl)c([C@]2(C)CS(=O)N(C)C(NC(=O)OC(C)(C)C)=N2)s1. The summed E-state index contributed by atoms with van der Waals surface area (Å²) in [5.74, 6) is 2.93. The molecule has 1 N–H and O–H groups in total. The number of hydrogen-bond donors (Lipinski definition) is 1. The zero-order chi connectivity index (χ0) is 19.0. The van der Waals surface area contributed by atoms with E-state index >= 15 is 0 Å². The first-order valence-corrected chi connectivity index (χ1v) is 9.91. The van der Waals surface area contributed by atoms with E-state index in [-0.39, 0.29) is 11.7 Å². The van der Waals surface area contributed by atoms with Crippen molar-refractivity contribution in [2.75, 3.05) is 12.8 Å². The van der Waals surface area contributed by atoms with Crippen molar-refractivity contribution in [1.29, 1.82) is 0 Å². The van der Waals surface area contributed by atoms with E-state index in [1.807, 2.05) is 6.92 Å². The second-order valence-electron chi connectivity index (χ2n) is 6.73. The van der Waals surface area contributed by atoms with Crippen LogP contribution in [-0.4, -0.2) is 39.0 Å². The second-order valence-corrected chi connectivity index (χ2v) is 9.67. The van der Waals surface area contributed by atoms with Crippen molar-refractivity contribution >= 4 is 46.0 Å². The van der Waals surface area contributed by atoms with Crippen LogP contribution in [-0.2, 0) is 21.3 Å². The number of nitrogens with one attached hydrogen (secondary N) is 1. The zero-order valence-corrected chi connectivity index (χ0v) is 17.1. The third-order valence-electron chi connectivity index (χ3n) is 3.29. The van der Waals surface area contributed by atoms with E-state index in [0.29, 0.717) is 14.8 Å². The van der Waals surface area contributed by atoms with E-state index in [1.54, 1.807) is 33.9 Å². The normalized spacial score (nSPS) is 23.6. The molecule has 0 aliphatic carbocycles. The molecule has 0 radical (unpaired) electrons. The van der Waals surface area contributed by atoms with Gasteiger partial charge in [0.1, 0.15) is 22.1 Å². The smallest absolute Gasteiger partial charge is 0.414 e. The Balaban J connectivity index is 2.38. The number of alkyl carbamates (subject to hydrolysis) is 1. The molecule has 9 heteroatoms. The molecule has 0 fully saturated rings. The Bertz CT molecular complexity index is 792. The third-order valence-corrected chi connectivity index (χ3v) is 6.61. The average Bonchev–Trinajstić information content (AvgIpc) is 2.84. The molecular weight excluding hydrogens is 382 g/mol. The molecule has 1 amide bonds. The number of thiophene rings is 1. The lowest BCUT2D eigenvalue weighted by molar-refractivity contribution is 0.0559. The van der Waals surface area contributed by atoms with Gasteiger partial charge in [0.05, 0.1) is 20.5 Å². The van der Waals surface area contributed by atoms with Crippen molar-refractivity contribution in [2.24, 2.45) is 4.99 Å². The van der Waals surface area contributed by atoms with E-state index in [1.165, 1.54) is 15.6 Å². The quantitative estimate of drug-likeness (QED) is 0.735. The van der Waals surface area contributed by atoms with Gasteiger partial charge < -0.3 is 4.74 Å². The molecule has 1 aliphatic heterocycles. The summed E-state index contributed by atoms with van der Waals surface area (Å²) in [6.07, 6.45) is 4.76. The predicted octanol–water partition coefficient (Wildman–Crippen LogP) is 3.09. The highest BCUT2D eigenvalue weighted by Gasteiger charge is 2.39. The van der Waals surface area contributed by atoms with Gasteiger partial charge in [-0.05, 0) is 33.8 Å². The van der Waals surface area contributed by atoms with Crippen LogP contribution in [0, 0.1) is 12.3 Å². The Morgan fingerprint density at radius 2 is 2.24 bits per heavy atom. The van der Waals surface area contributed by atoms with Gasteiger partial charge in [-0.25, -0.2) is 14.0 Å². The zero-order valence-electron chi connectivity index (χ0n) is 14.7. The average molecular weight is 402 g/mol. The molecule has 2 rings (SSSR count). The highest BCUT2D eigenvalue weighted by atomic mass is 35.5.